The van der Waals surface area contributed by atoms with Gasteiger partial charge in [-0.15, -0.1) is 0 Å². The summed E-state index contributed by atoms with van der Waals surface area (Å²) in [5, 5.41) is 1.12. The van der Waals surface area contributed by atoms with Gasteiger partial charge in [-0.05, 0) is 70.6 Å². The second-order valence-electron chi connectivity index (χ2n) is 7.52. The topological polar surface area (TPSA) is 18.5 Å². The zero-order valence-electron chi connectivity index (χ0n) is 18.8. The third kappa shape index (κ3) is 22.2. The molecule has 0 heterocycles. The van der Waals surface area contributed by atoms with Crippen molar-refractivity contribution in [2.24, 2.45) is 0 Å². The number of allylic oxidation sites excluding steroid dienone is 4. The van der Waals surface area contributed by atoms with Crippen LogP contribution >= 0.6 is 15.9 Å². The maximum absolute atomic E-state index is 6.08. The number of rotatable bonds is 22. The van der Waals surface area contributed by atoms with Crippen molar-refractivity contribution in [3.05, 3.63) is 24.3 Å². The van der Waals surface area contributed by atoms with Crippen molar-refractivity contribution in [3.63, 3.8) is 0 Å². The first-order chi connectivity index (χ1) is 13.8. The Kier molecular flexibility index (Phi) is 24.8. The lowest BCUT2D eigenvalue weighted by Crippen LogP contribution is -2.19. The Bertz CT molecular complexity index is 315. The normalized spacial score (nSPS) is 12.1. The van der Waals surface area contributed by atoms with E-state index < -0.39 is 0 Å². The Labute approximate surface area is 184 Å². The Hall–Kier alpha value is -0.120. The van der Waals surface area contributed by atoms with Gasteiger partial charge in [0.05, 0.1) is 0 Å². The van der Waals surface area contributed by atoms with E-state index >= 15 is 0 Å². The molecule has 2 nitrogen and oxygen atoms in total. The van der Waals surface area contributed by atoms with E-state index in [2.05, 4.69) is 54.1 Å². The molecule has 3 heteroatoms. The molecule has 0 aromatic heterocycles. The summed E-state index contributed by atoms with van der Waals surface area (Å²) in [5.41, 5.74) is 0. The van der Waals surface area contributed by atoms with Gasteiger partial charge in [-0.1, -0.05) is 79.8 Å². The highest BCUT2D eigenvalue weighted by atomic mass is 79.9. The van der Waals surface area contributed by atoms with Gasteiger partial charge in [0, 0.05) is 18.5 Å². The van der Waals surface area contributed by atoms with Gasteiger partial charge in [0.25, 0.3) is 0 Å². The molecule has 0 bridgehead atoms. The average Bonchev–Trinajstić information content (AvgIpc) is 2.71. The smallest absolute Gasteiger partial charge is 0.157 e. The van der Waals surface area contributed by atoms with Crippen molar-refractivity contribution in [3.8, 4) is 0 Å². The standard InChI is InChI=1S/C25H47BrO2/c1-3-5-7-9-11-15-19-23-27-25(21-17-13-14-18-22-26)28-24-20-16-12-10-8-6-4-2/h5-8,25H,3-4,9-24H2,1-2H3/b7-5-,8-6-. The van der Waals surface area contributed by atoms with E-state index in [1.807, 2.05) is 0 Å². The summed E-state index contributed by atoms with van der Waals surface area (Å²) in [7, 11) is 0. The van der Waals surface area contributed by atoms with Gasteiger partial charge in [-0.25, -0.2) is 0 Å². The van der Waals surface area contributed by atoms with Crippen LogP contribution in [-0.2, 0) is 9.47 Å². The van der Waals surface area contributed by atoms with E-state index in [1.165, 1.54) is 64.2 Å². The van der Waals surface area contributed by atoms with Crippen molar-refractivity contribution in [1.82, 2.24) is 0 Å². The molecule has 0 aromatic rings. The fraction of sp³-hybridized carbons (Fsp3) is 0.840. The maximum atomic E-state index is 6.08. The number of hydrogen-bond donors (Lipinski definition) is 0. The highest BCUT2D eigenvalue weighted by Gasteiger charge is 2.09. The summed E-state index contributed by atoms with van der Waals surface area (Å²) in [6.45, 7) is 6.05. The molecule has 0 amide bonds. The van der Waals surface area contributed by atoms with E-state index in [9.17, 15) is 0 Å². The first-order valence-corrected chi connectivity index (χ1v) is 13.1. The van der Waals surface area contributed by atoms with Crippen LogP contribution in [0.15, 0.2) is 24.3 Å². The lowest BCUT2D eigenvalue weighted by molar-refractivity contribution is -0.148. The predicted octanol–water partition coefficient (Wildman–Crippen LogP) is 8.74. The van der Waals surface area contributed by atoms with Crippen molar-refractivity contribution in [2.75, 3.05) is 18.5 Å². The Balaban J connectivity index is 3.84. The van der Waals surface area contributed by atoms with Crippen LogP contribution in [-0.4, -0.2) is 24.8 Å². The van der Waals surface area contributed by atoms with Gasteiger partial charge < -0.3 is 9.47 Å². The fourth-order valence-corrected chi connectivity index (χ4v) is 3.45. The molecule has 28 heavy (non-hydrogen) atoms. The first kappa shape index (κ1) is 27.9. The molecule has 0 unspecified atom stereocenters. The monoisotopic (exact) mass is 458 g/mol. The summed E-state index contributed by atoms with van der Waals surface area (Å²) < 4.78 is 12.2. The van der Waals surface area contributed by atoms with Crippen molar-refractivity contribution < 1.29 is 9.47 Å². The highest BCUT2D eigenvalue weighted by molar-refractivity contribution is 9.09. The molecule has 0 radical (unpaired) electrons. The molecule has 0 atom stereocenters. The Morgan fingerprint density at radius 1 is 0.607 bits per heavy atom. The molecular weight excluding hydrogens is 412 g/mol. The number of alkyl halides is 1. The quantitative estimate of drug-likeness (QED) is 0.0697. The lowest BCUT2D eigenvalue weighted by atomic mass is 10.1. The number of halogens is 1. The molecule has 0 aliphatic carbocycles. The summed E-state index contributed by atoms with van der Waals surface area (Å²) in [6.07, 6.45) is 27.3. The zero-order chi connectivity index (χ0) is 20.5. The summed E-state index contributed by atoms with van der Waals surface area (Å²) in [6, 6.07) is 0. The molecule has 0 saturated heterocycles. The van der Waals surface area contributed by atoms with Crippen LogP contribution in [0.2, 0.25) is 0 Å². The predicted molar refractivity (Wildman–Crippen MR) is 128 cm³/mol. The maximum Gasteiger partial charge on any atom is 0.157 e. The van der Waals surface area contributed by atoms with Crippen LogP contribution in [0.1, 0.15) is 110 Å². The minimum absolute atomic E-state index is 0.00365. The third-order valence-electron chi connectivity index (χ3n) is 4.77. The second kappa shape index (κ2) is 24.9. The van der Waals surface area contributed by atoms with Crippen LogP contribution in [0.5, 0.6) is 0 Å². The molecule has 0 fully saturated rings. The number of hydrogen-bond acceptors (Lipinski definition) is 2. The molecule has 0 aromatic carbocycles. The van der Waals surface area contributed by atoms with E-state index in [0.717, 1.165) is 50.6 Å². The third-order valence-corrected chi connectivity index (χ3v) is 5.33. The Morgan fingerprint density at radius 3 is 1.61 bits per heavy atom. The summed E-state index contributed by atoms with van der Waals surface area (Å²) >= 11 is 3.51. The molecular formula is C25H47BrO2. The fourth-order valence-electron chi connectivity index (χ4n) is 3.05. The largest absolute Gasteiger partial charge is 0.353 e. The minimum atomic E-state index is 0.00365. The molecule has 0 spiro atoms. The SMILES string of the molecule is CC/C=C\CCCCCOC(CCCCCCBr)OCCCCC/C=C\CC. The average molecular weight is 460 g/mol. The van der Waals surface area contributed by atoms with E-state index in [-0.39, 0.29) is 6.29 Å². The van der Waals surface area contributed by atoms with Crippen LogP contribution in [0.3, 0.4) is 0 Å². The molecule has 0 aliphatic rings. The van der Waals surface area contributed by atoms with E-state index in [4.69, 9.17) is 9.47 Å². The van der Waals surface area contributed by atoms with Crippen LogP contribution in [0.25, 0.3) is 0 Å². The van der Waals surface area contributed by atoms with Crippen molar-refractivity contribution in [2.45, 2.75) is 116 Å². The van der Waals surface area contributed by atoms with Crippen LogP contribution in [0.4, 0.5) is 0 Å². The summed E-state index contributed by atoms with van der Waals surface area (Å²) in [4.78, 5) is 0. The number of ether oxygens (including phenoxy) is 2. The summed E-state index contributed by atoms with van der Waals surface area (Å²) in [5.74, 6) is 0. The Morgan fingerprint density at radius 2 is 1.11 bits per heavy atom. The highest BCUT2D eigenvalue weighted by Crippen LogP contribution is 2.13. The van der Waals surface area contributed by atoms with Crippen LogP contribution < -0.4 is 0 Å². The van der Waals surface area contributed by atoms with Gasteiger partial charge in [-0.2, -0.15) is 0 Å². The molecule has 0 aliphatic heterocycles. The van der Waals surface area contributed by atoms with Gasteiger partial charge >= 0.3 is 0 Å². The molecule has 0 N–H and O–H groups in total. The molecule has 166 valence electrons. The van der Waals surface area contributed by atoms with E-state index in [1.54, 1.807) is 0 Å². The minimum Gasteiger partial charge on any atom is -0.353 e. The van der Waals surface area contributed by atoms with Crippen molar-refractivity contribution in [1.29, 1.82) is 0 Å². The van der Waals surface area contributed by atoms with Crippen LogP contribution in [0, 0.1) is 0 Å². The van der Waals surface area contributed by atoms with Gasteiger partial charge in [0.2, 0.25) is 0 Å². The first-order valence-electron chi connectivity index (χ1n) is 11.9. The van der Waals surface area contributed by atoms with Gasteiger partial charge in [0.15, 0.2) is 6.29 Å². The number of unbranched alkanes of at least 4 members (excludes halogenated alkanes) is 9. The van der Waals surface area contributed by atoms with Gasteiger partial charge in [0.1, 0.15) is 0 Å². The second-order valence-corrected chi connectivity index (χ2v) is 8.31. The molecule has 0 rings (SSSR count). The van der Waals surface area contributed by atoms with E-state index in [0.29, 0.717) is 0 Å². The zero-order valence-corrected chi connectivity index (χ0v) is 20.4. The van der Waals surface area contributed by atoms with Gasteiger partial charge in [-0.3, -0.25) is 0 Å². The lowest BCUT2D eigenvalue weighted by Gasteiger charge is -2.19. The molecule has 0 saturated carbocycles. The van der Waals surface area contributed by atoms with Crippen molar-refractivity contribution >= 4 is 15.9 Å².